The van der Waals surface area contributed by atoms with E-state index in [0.717, 1.165) is 0 Å². The number of ether oxygens (including phenoxy) is 2. The van der Waals surface area contributed by atoms with Crippen molar-refractivity contribution >= 4 is 11.8 Å². The van der Waals surface area contributed by atoms with Crippen LogP contribution in [0.1, 0.15) is 42.4 Å². The number of aliphatic hydroxyl groups excluding tert-OH is 3. The topological polar surface area (TPSA) is 129 Å². The summed E-state index contributed by atoms with van der Waals surface area (Å²) in [6.45, 7) is 1.56. The second kappa shape index (κ2) is 12.6. The molecule has 0 bridgehead atoms. The fourth-order valence-electron chi connectivity index (χ4n) is 5.36. The zero-order chi connectivity index (χ0) is 28.1. The molecule has 4 unspecified atom stereocenters. The predicted molar refractivity (Wildman–Crippen MR) is 141 cm³/mol. The van der Waals surface area contributed by atoms with E-state index >= 15 is 0 Å². The first-order valence-corrected chi connectivity index (χ1v) is 13.1. The van der Waals surface area contributed by atoms with Crippen molar-refractivity contribution in [3.05, 3.63) is 70.6 Å². The Bertz CT molecular complexity index is 1230. The molecule has 2 amide bonds. The number of fused-ring (bicyclic) bond motifs is 3. The van der Waals surface area contributed by atoms with Crippen LogP contribution in [0.2, 0.25) is 0 Å². The third-order valence-electron chi connectivity index (χ3n) is 7.17. The second-order valence-corrected chi connectivity index (χ2v) is 9.73. The largest absolute Gasteiger partial charge is 0.493 e. The number of aliphatic hydroxyl groups is 3. The van der Waals surface area contributed by atoms with Gasteiger partial charge in [-0.1, -0.05) is 19.1 Å². The summed E-state index contributed by atoms with van der Waals surface area (Å²) in [6.07, 6.45) is 0.634. The molecule has 1 aliphatic carbocycles. The molecule has 2 aliphatic rings. The van der Waals surface area contributed by atoms with E-state index in [1.807, 2.05) is 6.92 Å². The standard InChI is InChI=1S/C29H35FN2O7/c1-3-5-24(35)32(10-8-17-6-4-7-19(30)12-17)22-15-21(29(37)31-9-11-33)25-20-13-18(16-34)14-23(38-2)27(20)39-28(25)26(22)36/h4,6-7,12-15,22,25-26,28,33-34,36H,3,5,8-11,16H2,1-2H3,(H,31,37). The molecule has 10 heteroatoms. The minimum atomic E-state index is -1.20. The van der Waals surface area contributed by atoms with Crippen LogP contribution in [0.15, 0.2) is 48.0 Å². The molecule has 39 heavy (non-hydrogen) atoms. The molecule has 1 aliphatic heterocycles. The number of amides is 2. The molecular formula is C29H35FN2O7. The molecule has 0 saturated carbocycles. The van der Waals surface area contributed by atoms with Crippen LogP contribution < -0.4 is 14.8 Å². The van der Waals surface area contributed by atoms with Crippen molar-refractivity contribution in [1.29, 1.82) is 0 Å². The van der Waals surface area contributed by atoms with Gasteiger partial charge in [0.15, 0.2) is 11.5 Å². The Morgan fingerprint density at radius 1 is 1.18 bits per heavy atom. The van der Waals surface area contributed by atoms with Crippen molar-refractivity contribution in [3.8, 4) is 11.5 Å². The molecule has 0 saturated heterocycles. The zero-order valence-corrected chi connectivity index (χ0v) is 22.1. The Kier molecular flexibility index (Phi) is 9.21. The van der Waals surface area contributed by atoms with Gasteiger partial charge in [-0.05, 0) is 54.3 Å². The number of benzene rings is 2. The minimum absolute atomic E-state index is 0.0204. The third kappa shape index (κ3) is 5.93. The first-order valence-electron chi connectivity index (χ1n) is 13.1. The van der Waals surface area contributed by atoms with Crippen LogP contribution >= 0.6 is 0 Å². The Morgan fingerprint density at radius 2 is 1.97 bits per heavy atom. The van der Waals surface area contributed by atoms with Crippen molar-refractivity contribution < 1.29 is 38.8 Å². The first kappa shape index (κ1) is 28.5. The molecule has 4 rings (SSSR count). The summed E-state index contributed by atoms with van der Waals surface area (Å²) >= 11 is 0. The van der Waals surface area contributed by atoms with Crippen molar-refractivity contribution in [3.63, 3.8) is 0 Å². The highest BCUT2D eigenvalue weighted by Crippen LogP contribution is 2.51. The number of hydrogen-bond acceptors (Lipinski definition) is 7. The molecule has 0 fully saturated rings. The Hall–Kier alpha value is -3.47. The van der Waals surface area contributed by atoms with E-state index in [0.29, 0.717) is 41.0 Å². The molecule has 0 spiro atoms. The number of carbonyl (C=O) groups is 2. The highest BCUT2D eigenvalue weighted by molar-refractivity contribution is 5.96. The average molecular weight is 543 g/mol. The van der Waals surface area contributed by atoms with Crippen LogP contribution in [0.4, 0.5) is 4.39 Å². The van der Waals surface area contributed by atoms with Gasteiger partial charge >= 0.3 is 0 Å². The molecular weight excluding hydrogens is 507 g/mol. The van der Waals surface area contributed by atoms with Crippen LogP contribution in [0, 0.1) is 5.82 Å². The van der Waals surface area contributed by atoms with Crippen LogP contribution in [0.25, 0.3) is 0 Å². The highest BCUT2D eigenvalue weighted by Gasteiger charge is 2.51. The lowest BCUT2D eigenvalue weighted by atomic mass is 9.77. The molecule has 0 aromatic heterocycles. The lowest BCUT2D eigenvalue weighted by molar-refractivity contribution is -0.137. The van der Waals surface area contributed by atoms with Crippen LogP contribution in [0.5, 0.6) is 11.5 Å². The van der Waals surface area contributed by atoms with Crippen LogP contribution in [0.3, 0.4) is 0 Å². The Labute approximate surface area is 226 Å². The van der Waals surface area contributed by atoms with Crippen molar-refractivity contribution in [2.24, 2.45) is 0 Å². The maximum atomic E-state index is 13.8. The van der Waals surface area contributed by atoms with Crippen LogP contribution in [-0.4, -0.2) is 77.1 Å². The number of halogens is 1. The minimum Gasteiger partial charge on any atom is -0.493 e. The van der Waals surface area contributed by atoms with Gasteiger partial charge < -0.3 is 35.0 Å². The fraction of sp³-hybridized carbons (Fsp3) is 0.448. The van der Waals surface area contributed by atoms with Gasteiger partial charge in [-0.3, -0.25) is 9.59 Å². The van der Waals surface area contributed by atoms with Crippen molar-refractivity contribution in [2.75, 3.05) is 26.8 Å². The summed E-state index contributed by atoms with van der Waals surface area (Å²) in [5.74, 6) is -1.04. The zero-order valence-electron chi connectivity index (χ0n) is 22.1. The summed E-state index contributed by atoms with van der Waals surface area (Å²) in [7, 11) is 1.46. The van der Waals surface area contributed by atoms with Gasteiger partial charge in [0.2, 0.25) is 11.8 Å². The molecule has 4 atom stereocenters. The molecule has 9 nitrogen and oxygen atoms in total. The molecule has 2 aromatic carbocycles. The van der Waals surface area contributed by atoms with Crippen molar-refractivity contribution in [1.82, 2.24) is 10.2 Å². The lowest BCUT2D eigenvalue weighted by Gasteiger charge is -2.41. The van der Waals surface area contributed by atoms with Crippen LogP contribution in [-0.2, 0) is 22.6 Å². The maximum absolute atomic E-state index is 13.8. The first-order chi connectivity index (χ1) is 18.8. The number of carbonyl (C=O) groups excluding carboxylic acids is 2. The molecule has 2 aromatic rings. The van der Waals surface area contributed by atoms with Gasteiger partial charge in [0.1, 0.15) is 18.0 Å². The van der Waals surface area contributed by atoms with E-state index in [2.05, 4.69) is 5.32 Å². The van der Waals surface area contributed by atoms with Gasteiger partial charge in [0, 0.05) is 30.6 Å². The smallest absolute Gasteiger partial charge is 0.247 e. The van der Waals surface area contributed by atoms with Gasteiger partial charge in [0.05, 0.1) is 32.3 Å². The van der Waals surface area contributed by atoms with Gasteiger partial charge in [-0.25, -0.2) is 4.39 Å². The number of nitrogens with one attached hydrogen (secondary N) is 1. The van der Waals surface area contributed by atoms with Crippen molar-refractivity contribution in [2.45, 2.75) is 57.0 Å². The predicted octanol–water partition coefficient (Wildman–Crippen LogP) is 1.82. The maximum Gasteiger partial charge on any atom is 0.247 e. The van der Waals surface area contributed by atoms with E-state index in [4.69, 9.17) is 9.47 Å². The van der Waals surface area contributed by atoms with Gasteiger partial charge in [-0.2, -0.15) is 0 Å². The normalized spacial score (nSPS) is 21.3. The molecule has 0 radical (unpaired) electrons. The molecule has 4 N–H and O–H groups in total. The molecule has 1 heterocycles. The average Bonchev–Trinajstić information content (AvgIpc) is 3.32. The summed E-state index contributed by atoms with van der Waals surface area (Å²) in [5, 5.41) is 33.4. The number of rotatable bonds is 11. The quantitative estimate of drug-likeness (QED) is 0.341. The SMILES string of the molecule is CCCC(=O)N(CCc1cccc(F)c1)C1C=C(C(=O)NCCO)C2c3cc(CO)cc(OC)c3OC2C1O. The number of hydrogen-bond donors (Lipinski definition) is 4. The highest BCUT2D eigenvalue weighted by atomic mass is 19.1. The van der Waals surface area contributed by atoms with E-state index in [9.17, 15) is 29.3 Å². The summed E-state index contributed by atoms with van der Waals surface area (Å²) in [4.78, 5) is 28.2. The van der Waals surface area contributed by atoms with Gasteiger partial charge in [0.25, 0.3) is 0 Å². The fourth-order valence-corrected chi connectivity index (χ4v) is 5.36. The van der Waals surface area contributed by atoms with E-state index in [1.165, 1.54) is 24.1 Å². The number of methoxy groups -OCH3 is 1. The summed E-state index contributed by atoms with van der Waals surface area (Å²) < 4.78 is 25.5. The van der Waals surface area contributed by atoms with E-state index in [-0.39, 0.29) is 50.0 Å². The van der Waals surface area contributed by atoms with E-state index in [1.54, 1.807) is 30.3 Å². The second-order valence-electron chi connectivity index (χ2n) is 9.73. The molecule has 210 valence electrons. The Morgan fingerprint density at radius 3 is 2.64 bits per heavy atom. The lowest BCUT2D eigenvalue weighted by Crippen LogP contribution is -2.56. The van der Waals surface area contributed by atoms with E-state index < -0.39 is 30.1 Å². The summed E-state index contributed by atoms with van der Waals surface area (Å²) in [5.41, 5.74) is 2.11. The number of nitrogens with zero attached hydrogens (tertiary/aromatic N) is 1. The third-order valence-corrected chi connectivity index (χ3v) is 7.17. The monoisotopic (exact) mass is 542 g/mol. The Balaban J connectivity index is 1.76. The van der Waals surface area contributed by atoms with Gasteiger partial charge in [-0.15, -0.1) is 0 Å². The summed E-state index contributed by atoms with van der Waals surface area (Å²) in [6, 6.07) is 8.57.